The van der Waals surface area contributed by atoms with Crippen LogP contribution in [0.25, 0.3) is 0 Å². The van der Waals surface area contributed by atoms with Gasteiger partial charge >= 0.3 is 0 Å². The summed E-state index contributed by atoms with van der Waals surface area (Å²) in [5.74, 6) is 0. The van der Waals surface area contributed by atoms with Crippen molar-refractivity contribution in [2.75, 3.05) is 5.08 Å². The van der Waals surface area contributed by atoms with Crippen LogP contribution in [0.2, 0.25) is 0 Å². The molecule has 0 amide bonds. The van der Waals surface area contributed by atoms with Crippen molar-refractivity contribution in [1.82, 2.24) is 0 Å². The number of sulfone groups is 1. The maximum absolute atomic E-state index is 11.3. The molecule has 0 spiro atoms. The van der Waals surface area contributed by atoms with Crippen LogP contribution in [0, 0.1) is 0 Å². The zero-order valence-corrected chi connectivity index (χ0v) is 7.69. The molecule has 3 nitrogen and oxygen atoms in total. The van der Waals surface area contributed by atoms with Gasteiger partial charge in [-0.3, -0.25) is 4.21 Å². The van der Waals surface area contributed by atoms with Gasteiger partial charge in [-0.25, -0.2) is 8.42 Å². The van der Waals surface area contributed by atoms with Gasteiger partial charge in [0.05, 0.1) is 20.6 Å². The second-order valence-electron chi connectivity index (χ2n) is 2.52. The van der Waals surface area contributed by atoms with E-state index in [-0.39, 0.29) is 9.98 Å². The molecule has 0 bridgehead atoms. The molecule has 0 N–H and O–H groups in total. The van der Waals surface area contributed by atoms with Crippen molar-refractivity contribution in [3.8, 4) is 0 Å². The molecule has 5 heteroatoms. The van der Waals surface area contributed by atoms with Crippen LogP contribution in [0.5, 0.6) is 0 Å². The predicted molar refractivity (Wildman–Crippen MR) is 44.9 cm³/mol. The van der Waals surface area contributed by atoms with Crippen molar-refractivity contribution in [1.29, 1.82) is 0 Å². The lowest BCUT2D eigenvalue weighted by Gasteiger charge is -1.92. The minimum Gasteiger partial charge on any atom is -0.253 e. The summed E-state index contributed by atoms with van der Waals surface area (Å²) in [5.41, 5.74) is 0. The Morgan fingerprint density at radius 1 is 1.25 bits per heavy atom. The van der Waals surface area contributed by atoms with Gasteiger partial charge in [-0.15, -0.1) is 0 Å². The average Bonchev–Trinajstić information content (AvgIpc) is 2.25. The fourth-order valence-corrected chi connectivity index (χ4v) is 5.15. The molecule has 1 heterocycles. The van der Waals surface area contributed by atoms with Gasteiger partial charge in [0.1, 0.15) is 5.08 Å². The van der Waals surface area contributed by atoms with E-state index >= 15 is 0 Å². The quantitative estimate of drug-likeness (QED) is 0.617. The minimum absolute atomic E-state index is 0.225. The Balaban J connectivity index is 2.83. The van der Waals surface area contributed by atoms with Gasteiger partial charge in [0.2, 0.25) is 0 Å². The molecule has 64 valence electrons. The maximum Gasteiger partial charge on any atom is 0.191 e. The molecule has 1 aliphatic heterocycles. The highest BCUT2D eigenvalue weighted by atomic mass is 32.3. The topological polar surface area (TPSA) is 51.2 Å². The summed E-state index contributed by atoms with van der Waals surface area (Å²) in [5, 5.41) is -0.258. The van der Waals surface area contributed by atoms with E-state index in [1.54, 1.807) is 18.2 Å². The molecule has 1 atom stereocenters. The SMILES string of the molecule is O=S1CS(=O)(=O)c2ccccc21. The number of hydrogen-bond donors (Lipinski definition) is 0. The Bertz CT molecular complexity index is 447. The Labute approximate surface area is 72.8 Å². The molecule has 1 unspecified atom stereocenters. The van der Waals surface area contributed by atoms with Crippen LogP contribution >= 0.6 is 0 Å². The van der Waals surface area contributed by atoms with Crippen molar-refractivity contribution < 1.29 is 12.6 Å². The summed E-state index contributed by atoms with van der Waals surface area (Å²) in [7, 11) is -4.61. The third kappa shape index (κ3) is 1.01. The average molecular weight is 202 g/mol. The summed E-state index contributed by atoms with van der Waals surface area (Å²) < 4.78 is 33.8. The van der Waals surface area contributed by atoms with Gasteiger partial charge in [-0.1, -0.05) is 12.1 Å². The fourth-order valence-electron chi connectivity index (χ4n) is 1.16. The van der Waals surface area contributed by atoms with E-state index in [4.69, 9.17) is 0 Å². The van der Waals surface area contributed by atoms with Crippen LogP contribution < -0.4 is 0 Å². The lowest BCUT2D eigenvalue weighted by Crippen LogP contribution is -1.99. The molecular weight excluding hydrogens is 196 g/mol. The highest BCUT2D eigenvalue weighted by Gasteiger charge is 2.31. The van der Waals surface area contributed by atoms with Crippen molar-refractivity contribution >= 4 is 20.6 Å². The van der Waals surface area contributed by atoms with Crippen molar-refractivity contribution in [2.24, 2.45) is 0 Å². The van der Waals surface area contributed by atoms with Gasteiger partial charge in [0, 0.05) is 0 Å². The highest BCUT2D eigenvalue weighted by molar-refractivity contribution is 8.07. The molecule has 1 aromatic rings. The molecule has 0 fully saturated rings. The summed E-state index contributed by atoms with van der Waals surface area (Å²) >= 11 is 0. The third-order valence-electron chi connectivity index (χ3n) is 1.69. The predicted octanol–water partition coefficient (Wildman–Crippen LogP) is 0.539. The smallest absolute Gasteiger partial charge is 0.191 e. The monoisotopic (exact) mass is 202 g/mol. The van der Waals surface area contributed by atoms with E-state index in [0.717, 1.165) is 0 Å². The maximum atomic E-state index is 11.3. The molecule has 0 aromatic heterocycles. The Morgan fingerprint density at radius 2 is 1.92 bits per heavy atom. The lowest BCUT2D eigenvalue weighted by molar-refractivity contribution is 0.600. The second kappa shape index (κ2) is 2.40. The van der Waals surface area contributed by atoms with E-state index in [1.165, 1.54) is 6.07 Å². The summed E-state index contributed by atoms with van der Waals surface area (Å²) in [6.45, 7) is 0. The molecule has 0 aliphatic carbocycles. The molecule has 1 aliphatic rings. The first kappa shape index (κ1) is 7.94. The zero-order chi connectivity index (χ0) is 8.77. The van der Waals surface area contributed by atoms with E-state index in [2.05, 4.69) is 0 Å². The van der Waals surface area contributed by atoms with Gasteiger partial charge in [0.25, 0.3) is 0 Å². The van der Waals surface area contributed by atoms with Crippen molar-refractivity contribution in [2.45, 2.75) is 9.79 Å². The summed E-state index contributed by atoms with van der Waals surface area (Å²) in [6, 6.07) is 6.42. The third-order valence-corrected chi connectivity index (χ3v) is 5.79. The van der Waals surface area contributed by atoms with Crippen molar-refractivity contribution in [3.05, 3.63) is 24.3 Å². The van der Waals surface area contributed by atoms with Crippen LogP contribution in [0.3, 0.4) is 0 Å². The van der Waals surface area contributed by atoms with Crippen LogP contribution in [0.4, 0.5) is 0 Å². The number of rotatable bonds is 0. The first-order valence-electron chi connectivity index (χ1n) is 3.31. The number of fused-ring (bicyclic) bond motifs is 1. The molecule has 1 aromatic carbocycles. The highest BCUT2D eigenvalue weighted by Crippen LogP contribution is 2.28. The fraction of sp³-hybridized carbons (Fsp3) is 0.143. The van der Waals surface area contributed by atoms with Gasteiger partial charge < -0.3 is 0 Å². The Kier molecular flexibility index (Phi) is 1.59. The summed E-state index contributed by atoms with van der Waals surface area (Å²) in [4.78, 5) is 0.667. The van der Waals surface area contributed by atoms with Crippen LogP contribution in [-0.2, 0) is 20.6 Å². The van der Waals surface area contributed by atoms with E-state index in [0.29, 0.717) is 4.90 Å². The molecule has 0 radical (unpaired) electrons. The molecule has 0 saturated carbocycles. The van der Waals surface area contributed by atoms with Crippen LogP contribution in [0.15, 0.2) is 34.1 Å². The van der Waals surface area contributed by atoms with Gasteiger partial charge in [-0.2, -0.15) is 0 Å². The largest absolute Gasteiger partial charge is 0.253 e. The second-order valence-corrected chi connectivity index (χ2v) is 6.27. The Morgan fingerprint density at radius 3 is 2.58 bits per heavy atom. The van der Waals surface area contributed by atoms with Crippen LogP contribution in [0.1, 0.15) is 0 Å². The van der Waals surface area contributed by atoms with Crippen molar-refractivity contribution in [3.63, 3.8) is 0 Å². The Hall–Kier alpha value is -0.680. The van der Waals surface area contributed by atoms with E-state index in [1.807, 2.05) is 0 Å². The first-order chi connectivity index (χ1) is 5.61. The molecule has 12 heavy (non-hydrogen) atoms. The normalized spacial score (nSPS) is 25.2. The van der Waals surface area contributed by atoms with E-state index < -0.39 is 20.6 Å². The minimum atomic E-state index is -3.25. The van der Waals surface area contributed by atoms with E-state index in [9.17, 15) is 12.6 Å². The molecule has 0 saturated heterocycles. The summed E-state index contributed by atoms with van der Waals surface area (Å²) in [6.07, 6.45) is 0. The first-order valence-corrected chi connectivity index (χ1v) is 6.28. The van der Waals surface area contributed by atoms with Gasteiger partial charge in [0.15, 0.2) is 9.84 Å². The van der Waals surface area contributed by atoms with Gasteiger partial charge in [-0.05, 0) is 12.1 Å². The molecule has 2 rings (SSSR count). The zero-order valence-electron chi connectivity index (χ0n) is 6.06. The number of hydrogen-bond acceptors (Lipinski definition) is 3. The standard InChI is InChI=1S/C7H6O3S2/c8-11-5-12(9,10)7-4-2-1-3-6(7)11/h1-4H,5H2. The lowest BCUT2D eigenvalue weighted by atomic mass is 10.4. The number of benzene rings is 1. The molecular formula is C7H6O3S2. The van der Waals surface area contributed by atoms with Crippen LogP contribution in [-0.4, -0.2) is 17.7 Å².